The number of benzene rings is 1. The molecule has 21 heavy (non-hydrogen) atoms. The largest absolute Gasteiger partial charge is 0.398 e. The average Bonchev–Trinajstić information content (AvgIpc) is 2.66. The van der Waals surface area contributed by atoms with Crippen LogP contribution in [0.4, 0.5) is 5.69 Å². The number of nitrogen functional groups attached to an aromatic ring is 1. The Hall–Kier alpha value is -1.28. The first kappa shape index (κ1) is 16.1. The van der Waals surface area contributed by atoms with Crippen molar-refractivity contribution >= 4 is 38.9 Å². The molecule has 1 heterocycles. The lowest BCUT2D eigenvalue weighted by atomic mass is 10.3. The van der Waals surface area contributed by atoms with Crippen molar-refractivity contribution in [2.45, 2.75) is 18.4 Å². The van der Waals surface area contributed by atoms with E-state index in [4.69, 9.17) is 28.9 Å². The van der Waals surface area contributed by atoms with Crippen LogP contribution in [0.1, 0.15) is 11.3 Å². The molecule has 0 saturated heterocycles. The Bertz CT molecular complexity index is 764. The van der Waals surface area contributed by atoms with Crippen LogP contribution in [0.15, 0.2) is 23.2 Å². The Labute approximate surface area is 132 Å². The summed E-state index contributed by atoms with van der Waals surface area (Å²) < 4.78 is 28.8. The molecule has 0 aliphatic heterocycles. The number of aryl methyl sites for hydroxylation is 1. The Balaban J connectivity index is 2.29. The van der Waals surface area contributed by atoms with Crippen molar-refractivity contribution in [2.75, 3.05) is 5.73 Å². The number of nitrogens with two attached hydrogens (primary N) is 1. The van der Waals surface area contributed by atoms with Gasteiger partial charge in [0.25, 0.3) is 0 Å². The number of rotatable bonds is 4. The lowest BCUT2D eigenvalue weighted by Gasteiger charge is -2.11. The molecule has 0 spiro atoms. The lowest BCUT2D eigenvalue weighted by molar-refractivity contribution is 0.581. The number of hydrogen-bond acceptors (Lipinski definition) is 4. The summed E-state index contributed by atoms with van der Waals surface area (Å²) in [5, 5.41) is 4.31. The SMILES string of the molecule is Cc1c(CNS(=O)(=O)c2c(N)cc(Cl)cc2Cl)cnn1C. The maximum absolute atomic E-state index is 12.3. The van der Waals surface area contributed by atoms with E-state index in [0.717, 1.165) is 11.3 Å². The van der Waals surface area contributed by atoms with Gasteiger partial charge in [0.15, 0.2) is 0 Å². The number of anilines is 1. The standard InChI is InChI=1S/C12H14Cl2N4O2S/c1-7-8(5-16-18(7)2)6-17-21(19,20)12-10(14)3-9(13)4-11(12)15/h3-5,17H,6,15H2,1-2H3. The summed E-state index contributed by atoms with van der Waals surface area (Å²) >= 11 is 11.7. The van der Waals surface area contributed by atoms with Gasteiger partial charge in [-0.3, -0.25) is 4.68 Å². The van der Waals surface area contributed by atoms with Gasteiger partial charge < -0.3 is 5.73 Å². The molecule has 0 atom stereocenters. The molecule has 114 valence electrons. The monoisotopic (exact) mass is 348 g/mol. The molecule has 0 unspecified atom stereocenters. The predicted molar refractivity (Wildman–Crippen MR) is 82.8 cm³/mol. The Kier molecular flexibility index (Phi) is 4.48. The molecule has 0 aliphatic rings. The molecular formula is C12H14Cl2N4O2S. The van der Waals surface area contributed by atoms with Gasteiger partial charge in [-0.2, -0.15) is 5.10 Å². The molecule has 1 aromatic carbocycles. The first-order valence-corrected chi connectivity index (χ1v) is 8.18. The van der Waals surface area contributed by atoms with E-state index in [1.807, 2.05) is 6.92 Å². The first-order valence-electron chi connectivity index (χ1n) is 5.94. The number of aromatic nitrogens is 2. The van der Waals surface area contributed by atoms with E-state index in [2.05, 4.69) is 9.82 Å². The summed E-state index contributed by atoms with van der Waals surface area (Å²) in [4.78, 5) is -0.171. The van der Waals surface area contributed by atoms with Gasteiger partial charge in [-0.05, 0) is 19.1 Å². The van der Waals surface area contributed by atoms with Gasteiger partial charge >= 0.3 is 0 Å². The van der Waals surface area contributed by atoms with E-state index < -0.39 is 10.0 Å². The smallest absolute Gasteiger partial charge is 0.244 e. The molecule has 0 saturated carbocycles. The van der Waals surface area contributed by atoms with Crippen molar-refractivity contribution in [1.82, 2.24) is 14.5 Å². The molecule has 0 fully saturated rings. The highest BCUT2D eigenvalue weighted by atomic mass is 35.5. The highest BCUT2D eigenvalue weighted by Gasteiger charge is 2.22. The summed E-state index contributed by atoms with van der Waals surface area (Å²) in [7, 11) is -2.07. The van der Waals surface area contributed by atoms with Gasteiger partial charge in [-0.15, -0.1) is 0 Å². The normalized spacial score (nSPS) is 11.8. The summed E-state index contributed by atoms with van der Waals surface area (Å²) in [6.07, 6.45) is 1.60. The third-order valence-electron chi connectivity index (χ3n) is 3.10. The predicted octanol–water partition coefficient (Wildman–Crippen LogP) is 2.10. The van der Waals surface area contributed by atoms with Crippen LogP contribution in [0.3, 0.4) is 0 Å². The lowest BCUT2D eigenvalue weighted by Crippen LogP contribution is -2.24. The van der Waals surface area contributed by atoms with Crippen molar-refractivity contribution < 1.29 is 8.42 Å². The maximum atomic E-state index is 12.3. The van der Waals surface area contributed by atoms with Crippen molar-refractivity contribution in [2.24, 2.45) is 7.05 Å². The molecule has 2 rings (SSSR count). The van der Waals surface area contributed by atoms with E-state index in [1.54, 1.807) is 17.9 Å². The molecule has 2 aromatic rings. The molecule has 9 heteroatoms. The topological polar surface area (TPSA) is 90.0 Å². The third-order valence-corrected chi connectivity index (χ3v) is 5.24. The highest BCUT2D eigenvalue weighted by molar-refractivity contribution is 7.89. The van der Waals surface area contributed by atoms with Crippen molar-refractivity contribution in [3.63, 3.8) is 0 Å². The molecule has 0 aliphatic carbocycles. The van der Waals surface area contributed by atoms with Crippen LogP contribution < -0.4 is 10.5 Å². The zero-order valence-corrected chi connectivity index (χ0v) is 13.7. The van der Waals surface area contributed by atoms with Gasteiger partial charge in [-0.25, -0.2) is 13.1 Å². The van der Waals surface area contributed by atoms with Crippen LogP contribution in [-0.4, -0.2) is 18.2 Å². The number of nitrogens with one attached hydrogen (secondary N) is 1. The van der Waals surface area contributed by atoms with Gasteiger partial charge in [0.05, 0.1) is 16.9 Å². The Morgan fingerprint density at radius 1 is 1.38 bits per heavy atom. The molecule has 6 nitrogen and oxygen atoms in total. The molecule has 0 radical (unpaired) electrons. The zero-order chi connectivity index (χ0) is 15.8. The molecule has 3 N–H and O–H groups in total. The van der Waals surface area contributed by atoms with E-state index in [9.17, 15) is 8.42 Å². The molecule has 0 bridgehead atoms. The third kappa shape index (κ3) is 3.32. The van der Waals surface area contributed by atoms with E-state index in [-0.39, 0.29) is 27.2 Å². The molecule has 1 aromatic heterocycles. The van der Waals surface area contributed by atoms with Crippen LogP contribution in [0.25, 0.3) is 0 Å². The quantitative estimate of drug-likeness (QED) is 0.827. The van der Waals surface area contributed by atoms with Gasteiger partial charge in [0, 0.05) is 29.9 Å². The Morgan fingerprint density at radius 2 is 2.05 bits per heavy atom. The minimum Gasteiger partial charge on any atom is -0.398 e. The second-order valence-electron chi connectivity index (χ2n) is 4.51. The second kappa shape index (κ2) is 5.84. The summed E-state index contributed by atoms with van der Waals surface area (Å²) in [5.41, 5.74) is 7.35. The van der Waals surface area contributed by atoms with Gasteiger partial charge in [0.2, 0.25) is 10.0 Å². The van der Waals surface area contributed by atoms with E-state index in [0.29, 0.717) is 0 Å². The summed E-state index contributed by atoms with van der Waals surface area (Å²) in [6, 6.07) is 2.68. The number of sulfonamides is 1. The summed E-state index contributed by atoms with van der Waals surface area (Å²) in [6.45, 7) is 1.95. The minimum absolute atomic E-state index is 0.00269. The van der Waals surface area contributed by atoms with Crippen LogP contribution in [0, 0.1) is 6.92 Å². The van der Waals surface area contributed by atoms with E-state index in [1.165, 1.54) is 12.1 Å². The maximum Gasteiger partial charge on any atom is 0.244 e. The van der Waals surface area contributed by atoms with Crippen molar-refractivity contribution in [3.8, 4) is 0 Å². The fourth-order valence-corrected chi connectivity index (χ4v) is 3.82. The number of hydrogen-bond donors (Lipinski definition) is 2. The average molecular weight is 349 g/mol. The van der Waals surface area contributed by atoms with Crippen LogP contribution >= 0.6 is 23.2 Å². The van der Waals surface area contributed by atoms with Gasteiger partial charge in [-0.1, -0.05) is 23.2 Å². The van der Waals surface area contributed by atoms with Crippen LogP contribution in [0.5, 0.6) is 0 Å². The summed E-state index contributed by atoms with van der Waals surface area (Å²) in [5.74, 6) is 0. The van der Waals surface area contributed by atoms with Crippen LogP contribution in [-0.2, 0) is 23.6 Å². The van der Waals surface area contributed by atoms with Crippen molar-refractivity contribution in [1.29, 1.82) is 0 Å². The first-order chi connectivity index (χ1) is 9.72. The van der Waals surface area contributed by atoms with Crippen LogP contribution in [0.2, 0.25) is 10.0 Å². The van der Waals surface area contributed by atoms with Crippen molar-refractivity contribution in [3.05, 3.63) is 39.6 Å². The number of halogens is 2. The second-order valence-corrected chi connectivity index (χ2v) is 7.06. The number of nitrogens with zero attached hydrogens (tertiary/aromatic N) is 2. The fourth-order valence-electron chi connectivity index (χ4n) is 1.83. The van der Waals surface area contributed by atoms with Gasteiger partial charge in [0.1, 0.15) is 4.90 Å². The molecule has 0 amide bonds. The van der Waals surface area contributed by atoms with E-state index >= 15 is 0 Å². The zero-order valence-electron chi connectivity index (χ0n) is 11.4. The fraction of sp³-hybridized carbons (Fsp3) is 0.250. The Morgan fingerprint density at radius 3 is 2.57 bits per heavy atom. The molecular weight excluding hydrogens is 335 g/mol. The minimum atomic E-state index is -3.85. The highest BCUT2D eigenvalue weighted by Crippen LogP contribution is 2.31.